The molecule has 1 aliphatic rings. The van der Waals surface area contributed by atoms with E-state index in [2.05, 4.69) is 29.5 Å². The van der Waals surface area contributed by atoms with E-state index >= 15 is 0 Å². The zero-order valence-corrected chi connectivity index (χ0v) is 18.7. The van der Waals surface area contributed by atoms with Crippen LogP contribution in [-0.2, 0) is 0 Å². The Labute approximate surface area is 178 Å². The van der Waals surface area contributed by atoms with Crippen LogP contribution in [0.3, 0.4) is 0 Å². The van der Waals surface area contributed by atoms with Crippen molar-refractivity contribution in [3.05, 3.63) is 35.8 Å². The number of nitrogens with one attached hydrogen (secondary N) is 2. The molecule has 1 saturated carbocycles. The van der Waals surface area contributed by atoms with E-state index in [0.29, 0.717) is 12.0 Å². The van der Waals surface area contributed by atoms with Crippen molar-refractivity contribution in [1.82, 2.24) is 15.0 Å². The number of anilines is 2. The van der Waals surface area contributed by atoms with Crippen molar-refractivity contribution in [2.75, 3.05) is 23.4 Å². The molecule has 2 aromatic heterocycles. The van der Waals surface area contributed by atoms with Gasteiger partial charge in [0.2, 0.25) is 5.95 Å². The molecule has 29 heavy (non-hydrogen) atoms. The fourth-order valence-corrected chi connectivity index (χ4v) is 3.77. The summed E-state index contributed by atoms with van der Waals surface area (Å²) in [7, 11) is 0. The largest absolute Gasteiger partial charge is 0.367 e. The Hall–Kier alpha value is -2.15. The first-order valence-electron chi connectivity index (χ1n) is 10.5. The highest BCUT2D eigenvalue weighted by Gasteiger charge is 2.22. The van der Waals surface area contributed by atoms with Crippen molar-refractivity contribution in [3.63, 3.8) is 0 Å². The summed E-state index contributed by atoms with van der Waals surface area (Å²) < 4.78 is 0. The smallest absolute Gasteiger partial charge is 0.224 e. The lowest BCUT2D eigenvalue weighted by Crippen LogP contribution is -2.20. The number of rotatable bonds is 10. The molecule has 0 saturated heterocycles. The standard InChI is InChI=1S/C22H32N6S/c1-5-6-8-15(2)25-20-19(21(29-4)27-18-9-7-12-23-14-18)16(3)26-22(28-20)24-13-17-10-11-17/h7,9,12,14-15,17H,5-6,8,10-11,13H2,1-4H3,(H2,24,25,26,28). The zero-order valence-electron chi connectivity index (χ0n) is 17.9. The lowest BCUT2D eigenvalue weighted by Gasteiger charge is -2.20. The van der Waals surface area contributed by atoms with Crippen molar-refractivity contribution in [1.29, 1.82) is 0 Å². The van der Waals surface area contributed by atoms with Crippen LogP contribution in [0.1, 0.15) is 57.2 Å². The molecular formula is C22H32N6S. The van der Waals surface area contributed by atoms with Gasteiger partial charge >= 0.3 is 0 Å². The molecule has 0 spiro atoms. The third-order valence-corrected chi connectivity index (χ3v) is 5.68. The molecule has 1 aliphatic carbocycles. The molecule has 6 nitrogen and oxygen atoms in total. The second-order valence-electron chi connectivity index (χ2n) is 7.70. The molecule has 3 rings (SSSR count). The quantitative estimate of drug-likeness (QED) is 0.400. The van der Waals surface area contributed by atoms with Crippen molar-refractivity contribution < 1.29 is 0 Å². The van der Waals surface area contributed by atoms with Gasteiger partial charge in [-0.25, -0.2) is 9.98 Å². The first kappa shape index (κ1) is 21.6. The van der Waals surface area contributed by atoms with Gasteiger partial charge in [0.15, 0.2) is 0 Å². The van der Waals surface area contributed by atoms with E-state index < -0.39 is 0 Å². The van der Waals surface area contributed by atoms with Crippen LogP contribution in [-0.4, -0.2) is 38.8 Å². The summed E-state index contributed by atoms with van der Waals surface area (Å²) in [5.41, 5.74) is 2.74. The first-order valence-corrected chi connectivity index (χ1v) is 11.7. The minimum atomic E-state index is 0.334. The maximum absolute atomic E-state index is 4.85. The van der Waals surface area contributed by atoms with E-state index in [-0.39, 0.29) is 0 Å². The number of hydrogen-bond acceptors (Lipinski definition) is 7. The predicted octanol–water partition coefficient (Wildman–Crippen LogP) is 5.43. The van der Waals surface area contributed by atoms with Gasteiger partial charge in [0.1, 0.15) is 10.9 Å². The highest BCUT2D eigenvalue weighted by atomic mass is 32.2. The van der Waals surface area contributed by atoms with Gasteiger partial charge in [-0.2, -0.15) is 4.98 Å². The zero-order chi connectivity index (χ0) is 20.6. The van der Waals surface area contributed by atoms with E-state index in [1.54, 1.807) is 24.2 Å². The van der Waals surface area contributed by atoms with Crippen LogP contribution in [0.15, 0.2) is 29.5 Å². The number of hydrogen-bond donors (Lipinski definition) is 2. The second-order valence-corrected chi connectivity index (χ2v) is 8.50. The number of pyridine rings is 1. The average molecular weight is 413 g/mol. The van der Waals surface area contributed by atoms with Crippen LogP contribution in [0.5, 0.6) is 0 Å². The van der Waals surface area contributed by atoms with Crippen LogP contribution < -0.4 is 10.6 Å². The monoisotopic (exact) mass is 412 g/mol. The Bertz CT molecular complexity index is 820. The van der Waals surface area contributed by atoms with Gasteiger partial charge in [0, 0.05) is 18.8 Å². The Morgan fingerprint density at radius 2 is 2.17 bits per heavy atom. The highest BCUT2D eigenvalue weighted by molar-refractivity contribution is 8.13. The van der Waals surface area contributed by atoms with Crippen LogP contribution in [0.2, 0.25) is 0 Å². The third-order valence-electron chi connectivity index (χ3n) is 4.99. The van der Waals surface area contributed by atoms with Crippen LogP contribution in [0, 0.1) is 12.8 Å². The molecule has 2 heterocycles. The number of thioether (sulfide) groups is 1. The number of aromatic nitrogens is 3. The normalized spacial score (nSPS) is 15.2. The lowest BCUT2D eigenvalue weighted by molar-refractivity contribution is 0.643. The summed E-state index contributed by atoms with van der Waals surface area (Å²) in [6, 6.07) is 4.19. The van der Waals surface area contributed by atoms with Crippen molar-refractivity contribution in [2.45, 2.75) is 58.9 Å². The van der Waals surface area contributed by atoms with E-state index in [0.717, 1.165) is 46.7 Å². The average Bonchev–Trinajstić information content (AvgIpc) is 3.55. The Balaban J connectivity index is 1.94. The molecule has 7 heteroatoms. The topological polar surface area (TPSA) is 75.1 Å². The fourth-order valence-electron chi connectivity index (χ4n) is 3.13. The van der Waals surface area contributed by atoms with E-state index in [4.69, 9.17) is 15.0 Å². The molecular weight excluding hydrogens is 380 g/mol. The SMILES string of the molecule is CCCCC(C)Nc1nc(NCC2CC2)nc(C)c1C(=Nc1cccnc1)SC. The molecule has 1 fully saturated rings. The minimum Gasteiger partial charge on any atom is -0.367 e. The number of aliphatic imine (C=N–C) groups is 1. The molecule has 156 valence electrons. The summed E-state index contributed by atoms with van der Waals surface area (Å²) in [6.45, 7) is 7.42. The number of aryl methyl sites for hydroxylation is 1. The van der Waals surface area contributed by atoms with Gasteiger partial charge in [0.05, 0.1) is 23.1 Å². The van der Waals surface area contributed by atoms with E-state index in [1.807, 2.05) is 25.3 Å². The van der Waals surface area contributed by atoms with Gasteiger partial charge in [-0.3, -0.25) is 4.98 Å². The molecule has 2 N–H and O–H groups in total. The van der Waals surface area contributed by atoms with Crippen molar-refractivity contribution in [2.24, 2.45) is 10.9 Å². The van der Waals surface area contributed by atoms with Gasteiger partial charge in [-0.15, -0.1) is 11.8 Å². The molecule has 1 unspecified atom stereocenters. The summed E-state index contributed by atoms with van der Waals surface area (Å²) in [4.78, 5) is 18.6. The highest BCUT2D eigenvalue weighted by Crippen LogP contribution is 2.30. The molecule has 0 radical (unpaired) electrons. The molecule has 0 bridgehead atoms. The summed E-state index contributed by atoms with van der Waals surface area (Å²) in [6.07, 6.45) is 11.7. The molecule has 1 atom stereocenters. The molecule has 0 amide bonds. The molecule has 2 aromatic rings. The Morgan fingerprint density at radius 1 is 1.34 bits per heavy atom. The maximum atomic E-state index is 4.85. The molecule has 0 aliphatic heterocycles. The second kappa shape index (κ2) is 10.6. The van der Waals surface area contributed by atoms with Crippen LogP contribution >= 0.6 is 11.8 Å². The summed E-state index contributed by atoms with van der Waals surface area (Å²) >= 11 is 1.61. The van der Waals surface area contributed by atoms with Gasteiger partial charge < -0.3 is 10.6 Å². The minimum absolute atomic E-state index is 0.334. The van der Waals surface area contributed by atoms with Crippen molar-refractivity contribution >= 4 is 34.3 Å². The summed E-state index contributed by atoms with van der Waals surface area (Å²) in [5, 5.41) is 7.95. The van der Waals surface area contributed by atoms with E-state index in [1.165, 1.54) is 25.7 Å². The fraction of sp³-hybridized carbons (Fsp3) is 0.545. The Morgan fingerprint density at radius 3 is 2.83 bits per heavy atom. The van der Waals surface area contributed by atoms with Crippen LogP contribution in [0.4, 0.5) is 17.5 Å². The van der Waals surface area contributed by atoms with E-state index in [9.17, 15) is 0 Å². The Kier molecular flexibility index (Phi) is 7.86. The third kappa shape index (κ3) is 6.42. The first-order chi connectivity index (χ1) is 14.1. The number of unbranched alkanes of at least 4 members (excludes halogenated alkanes) is 1. The molecule has 0 aromatic carbocycles. The maximum Gasteiger partial charge on any atom is 0.224 e. The van der Waals surface area contributed by atoms with Gasteiger partial charge in [-0.05, 0) is 57.4 Å². The van der Waals surface area contributed by atoms with Gasteiger partial charge in [0.25, 0.3) is 0 Å². The van der Waals surface area contributed by atoms with Crippen LogP contribution in [0.25, 0.3) is 0 Å². The lowest BCUT2D eigenvalue weighted by atomic mass is 10.1. The summed E-state index contributed by atoms with van der Waals surface area (Å²) in [5.74, 6) is 2.33. The predicted molar refractivity (Wildman–Crippen MR) is 125 cm³/mol. The van der Waals surface area contributed by atoms with Crippen molar-refractivity contribution in [3.8, 4) is 0 Å². The number of nitrogens with zero attached hydrogens (tertiary/aromatic N) is 4. The van der Waals surface area contributed by atoms with Gasteiger partial charge in [-0.1, -0.05) is 19.8 Å².